The molecule has 0 unspecified atom stereocenters. The van der Waals surface area contributed by atoms with Gasteiger partial charge in [0.1, 0.15) is 11.7 Å². The van der Waals surface area contributed by atoms with E-state index >= 15 is 0 Å². The molecule has 4 N–H and O–H groups in total. The van der Waals surface area contributed by atoms with Gasteiger partial charge in [-0.1, -0.05) is 23.7 Å². The molecule has 7 nitrogen and oxygen atoms in total. The van der Waals surface area contributed by atoms with Gasteiger partial charge in [-0.05, 0) is 48.2 Å². The van der Waals surface area contributed by atoms with Crippen LogP contribution < -0.4 is 11.1 Å². The molecule has 31 heavy (non-hydrogen) atoms. The van der Waals surface area contributed by atoms with E-state index in [0.29, 0.717) is 36.8 Å². The highest BCUT2D eigenvalue weighted by Crippen LogP contribution is 2.24. The van der Waals surface area contributed by atoms with Crippen molar-refractivity contribution in [3.05, 3.63) is 76.8 Å². The first-order valence-electron chi connectivity index (χ1n) is 10.2. The van der Waals surface area contributed by atoms with E-state index in [0.717, 1.165) is 28.7 Å². The largest absolute Gasteiger partial charge is 0.357 e. The molecular weight excluding hydrogens is 414 g/mol. The van der Waals surface area contributed by atoms with Crippen LogP contribution in [0.5, 0.6) is 0 Å². The Kier molecular flexibility index (Phi) is 6.34. The molecule has 1 saturated heterocycles. The second-order valence-electron chi connectivity index (χ2n) is 7.54. The number of H-pyrrole nitrogens is 1. The van der Waals surface area contributed by atoms with Crippen LogP contribution in [0.15, 0.2) is 55.0 Å². The van der Waals surface area contributed by atoms with Crippen LogP contribution in [-0.2, 0) is 17.9 Å². The van der Waals surface area contributed by atoms with E-state index in [1.54, 1.807) is 41.7 Å². The van der Waals surface area contributed by atoms with Crippen LogP contribution in [0.3, 0.4) is 0 Å². The van der Waals surface area contributed by atoms with E-state index in [1.807, 2.05) is 18.2 Å². The van der Waals surface area contributed by atoms with Gasteiger partial charge in [0.05, 0.1) is 0 Å². The van der Waals surface area contributed by atoms with Gasteiger partial charge in [0, 0.05) is 54.4 Å². The predicted octanol–water partition coefficient (Wildman–Crippen LogP) is 3.11. The molecule has 1 aliphatic heterocycles. The number of nitrogens with one attached hydrogen (secondary N) is 2. The molecule has 0 bridgehead atoms. The zero-order valence-corrected chi connectivity index (χ0v) is 17.7. The second kappa shape index (κ2) is 9.32. The summed E-state index contributed by atoms with van der Waals surface area (Å²) < 4.78 is 0. The number of nitrogens with zero attached hydrogens (tertiary/aromatic N) is 2. The van der Waals surface area contributed by atoms with E-state index < -0.39 is 6.04 Å². The third-order valence-corrected chi connectivity index (χ3v) is 5.80. The average Bonchev–Trinajstić information content (AvgIpc) is 3.48. The summed E-state index contributed by atoms with van der Waals surface area (Å²) in [6, 6.07) is 10.5. The highest BCUT2D eigenvalue weighted by atomic mass is 35.5. The van der Waals surface area contributed by atoms with E-state index in [4.69, 9.17) is 17.3 Å². The molecule has 1 atom stereocenters. The molecule has 8 heteroatoms. The highest BCUT2D eigenvalue weighted by molar-refractivity contribution is 6.30. The maximum Gasteiger partial charge on any atom is 0.270 e. The Morgan fingerprint density at radius 3 is 2.87 bits per heavy atom. The molecule has 2 aromatic heterocycles. The van der Waals surface area contributed by atoms with Crippen molar-refractivity contribution in [3.63, 3.8) is 0 Å². The summed E-state index contributed by atoms with van der Waals surface area (Å²) in [6.07, 6.45) is 6.64. The Labute approximate surface area is 185 Å². The van der Waals surface area contributed by atoms with Crippen molar-refractivity contribution in [2.45, 2.75) is 32.0 Å². The molecule has 0 spiro atoms. The fourth-order valence-corrected chi connectivity index (χ4v) is 4.11. The Morgan fingerprint density at radius 1 is 1.23 bits per heavy atom. The Morgan fingerprint density at radius 2 is 2.10 bits per heavy atom. The molecule has 160 valence electrons. The number of halogens is 1. The van der Waals surface area contributed by atoms with Gasteiger partial charge in [0.25, 0.3) is 5.91 Å². The quantitative estimate of drug-likeness (QED) is 0.551. The Hall–Kier alpha value is -3.16. The van der Waals surface area contributed by atoms with E-state index in [-0.39, 0.29) is 11.8 Å². The number of aromatic nitrogens is 2. The first-order chi connectivity index (χ1) is 15.1. The summed E-state index contributed by atoms with van der Waals surface area (Å²) in [7, 11) is 0. The molecule has 3 heterocycles. The van der Waals surface area contributed by atoms with E-state index in [1.165, 1.54) is 0 Å². The molecule has 1 fully saturated rings. The molecular formula is C23H24ClN5O2. The fraction of sp³-hybridized carbons (Fsp3) is 0.261. The van der Waals surface area contributed by atoms with Crippen molar-refractivity contribution >= 4 is 23.4 Å². The summed E-state index contributed by atoms with van der Waals surface area (Å²) in [5, 5.41) is 3.54. The number of pyridine rings is 1. The summed E-state index contributed by atoms with van der Waals surface area (Å²) in [6.45, 7) is 1.23. The Bertz CT molecular complexity index is 1080. The molecule has 2 amide bonds. The number of hydrogen-bond donors (Lipinski definition) is 3. The van der Waals surface area contributed by atoms with Crippen molar-refractivity contribution < 1.29 is 9.59 Å². The standard InChI is InChI=1S/C23H24ClN5O2/c24-19-6-5-15(11-25)17(9-19)14-28-22(30)21-4-2-8-29(21)23(31)20-10-18(13-27-20)16-3-1-7-26-12-16/h1,3,5-7,9-10,12-13,21,27H,2,4,8,11,14,25H2,(H,28,30)/t21-/m0/s1. The number of benzene rings is 1. The van der Waals surface area contributed by atoms with Crippen molar-refractivity contribution in [1.29, 1.82) is 0 Å². The van der Waals surface area contributed by atoms with Crippen LogP contribution >= 0.6 is 11.6 Å². The molecule has 0 aliphatic carbocycles. The summed E-state index contributed by atoms with van der Waals surface area (Å²) in [5.74, 6) is -0.356. The van der Waals surface area contributed by atoms with Gasteiger partial charge >= 0.3 is 0 Å². The summed E-state index contributed by atoms with van der Waals surface area (Å²) in [4.78, 5) is 34.8. The van der Waals surface area contributed by atoms with Gasteiger partial charge in [0.15, 0.2) is 0 Å². The smallest absolute Gasteiger partial charge is 0.270 e. The van der Waals surface area contributed by atoms with Crippen molar-refractivity contribution in [3.8, 4) is 11.1 Å². The zero-order valence-electron chi connectivity index (χ0n) is 17.0. The number of carbonyl (C=O) groups is 2. The zero-order chi connectivity index (χ0) is 21.8. The SMILES string of the molecule is NCc1ccc(Cl)cc1CNC(=O)[C@@H]1CCCN1C(=O)c1cc(-c2cccnc2)c[nH]1. The first kappa shape index (κ1) is 21.1. The number of nitrogens with two attached hydrogens (primary N) is 1. The van der Waals surface area contributed by atoms with Gasteiger partial charge < -0.3 is 20.9 Å². The maximum atomic E-state index is 13.1. The normalized spacial score (nSPS) is 15.8. The lowest BCUT2D eigenvalue weighted by Gasteiger charge is -2.23. The van der Waals surface area contributed by atoms with Crippen LogP contribution in [0.1, 0.15) is 34.5 Å². The molecule has 0 saturated carbocycles. The number of rotatable bonds is 6. The molecule has 3 aromatic rings. The van der Waals surface area contributed by atoms with Gasteiger partial charge in [-0.2, -0.15) is 0 Å². The average molecular weight is 438 g/mol. The van der Waals surface area contributed by atoms with Gasteiger partial charge in [-0.3, -0.25) is 14.6 Å². The van der Waals surface area contributed by atoms with Crippen LogP contribution in [0, 0.1) is 0 Å². The lowest BCUT2D eigenvalue weighted by molar-refractivity contribution is -0.125. The third kappa shape index (κ3) is 4.62. The molecule has 1 aliphatic rings. The van der Waals surface area contributed by atoms with Crippen molar-refractivity contribution in [2.75, 3.05) is 6.54 Å². The minimum absolute atomic E-state index is 0.173. The Balaban J connectivity index is 1.44. The lowest BCUT2D eigenvalue weighted by Crippen LogP contribution is -2.45. The van der Waals surface area contributed by atoms with Crippen LogP contribution in [0.4, 0.5) is 0 Å². The molecule has 1 aromatic carbocycles. The summed E-state index contributed by atoms with van der Waals surface area (Å²) >= 11 is 6.08. The topological polar surface area (TPSA) is 104 Å². The first-order valence-corrected chi connectivity index (χ1v) is 10.6. The number of hydrogen-bond acceptors (Lipinski definition) is 4. The monoisotopic (exact) mass is 437 g/mol. The van der Waals surface area contributed by atoms with Gasteiger partial charge in [-0.15, -0.1) is 0 Å². The van der Waals surface area contributed by atoms with Crippen molar-refractivity contribution in [1.82, 2.24) is 20.2 Å². The number of likely N-dealkylation sites (tertiary alicyclic amines) is 1. The minimum atomic E-state index is -0.502. The number of amides is 2. The van der Waals surface area contributed by atoms with Crippen molar-refractivity contribution in [2.24, 2.45) is 5.73 Å². The van der Waals surface area contributed by atoms with Crippen LogP contribution in [0.2, 0.25) is 5.02 Å². The van der Waals surface area contributed by atoms with Crippen LogP contribution in [0.25, 0.3) is 11.1 Å². The lowest BCUT2D eigenvalue weighted by atomic mass is 10.1. The van der Waals surface area contributed by atoms with Gasteiger partial charge in [-0.25, -0.2) is 0 Å². The molecule has 4 rings (SSSR count). The third-order valence-electron chi connectivity index (χ3n) is 5.57. The summed E-state index contributed by atoms with van der Waals surface area (Å²) in [5.41, 5.74) is 9.85. The molecule has 0 radical (unpaired) electrons. The van der Waals surface area contributed by atoms with E-state index in [2.05, 4.69) is 15.3 Å². The van der Waals surface area contributed by atoms with Crippen LogP contribution in [-0.4, -0.2) is 39.3 Å². The maximum absolute atomic E-state index is 13.1. The van der Waals surface area contributed by atoms with E-state index in [9.17, 15) is 9.59 Å². The minimum Gasteiger partial charge on any atom is -0.357 e. The second-order valence-corrected chi connectivity index (χ2v) is 7.97. The highest BCUT2D eigenvalue weighted by Gasteiger charge is 2.35. The number of aromatic amines is 1. The fourth-order valence-electron chi connectivity index (χ4n) is 3.91. The van der Waals surface area contributed by atoms with Gasteiger partial charge in [0.2, 0.25) is 5.91 Å². The number of carbonyl (C=O) groups excluding carboxylic acids is 2. The predicted molar refractivity (Wildman–Crippen MR) is 119 cm³/mol.